The topological polar surface area (TPSA) is 101 Å². The maximum absolute atomic E-state index is 12.0. The maximum atomic E-state index is 12.0. The smallest absolute Gasteiger partial charge is 0.326 e. The number of rotatable bonds is 6. The first-order valence-corrected chi connectivity index (χ1v) is 8.08. The van der Waals surface area contributed by atoms with Crippen molar-refractivity contribution in [3.63, 3.8) is 0 Å². The van der Waals surface area contributed by atoms with E-state index in [-0.39, 0.29) is 21.9 Å². The number of amides is 1. The molecular weight excluding hydrogens is 318 g/mol. The molecular formula is C13H14ClNO5S. The molecule has 0 aliphatic heterocycles. The van der Waals surface area contributed by atoms with Crippen molar-refractivity contribution in [2.24, 2.45) is 0 Å². The predicted octanol–water partition coefficient (Wildman–Crippen LogP) is 1.50. The van der Waals surface area contributed by atoms with Gasteiger partial charge < -0.3 is 10.4 Å². The third-order valence-corrected chi connectivity index (χ3v) is 4.18. The average molecular weight is 332 g/mol. The number of carbonyl (C=O) groups is 2. The Hall–Kier alpha value is -1.86. The summed E-state index contributed by atoms with van der Waals surface area (Å²) in [7, 11) is -3.59. The Morgan fingerprint density at radius 2 is 2.10 bits per heavy atom. The Bertz CT molecular complexity index is 684. The van der Waals surface area contributed by atoms with Crippen molar-refractivity contribution >= 4 is 33.3 Å². The van der Waals surface area contributed by atoms with Gasteiger partial charge in [-0.3, -0.25) is 4.79 Å². The van der Waals surface area contributed by atoms with Crippen LogP contribution in [-0.2, 0) is 14.6 Å². The molecule has 0 radical (unpaired) electrons. The van der Waals surface area contributed by atoms with Crippen molar-refractivity contribution in [1.82, 2.24) is 5.32 Å². The monoisotopic (exact) mass is 331 g/mol. The first-order valence-electron chi connectivity index (χ1n) is 5.81. The van der Waals surface area contributed by atoms with Gasteiger partial charge in [0.15, 0.2) is 9.84 Å². The Labute approximate surface area is 127 Å². The van der Waals surface area contributed by atoms with Crippen molar-refractivity contribution in [2.45, 2.75) is 17.4 Å². The summed E-state index contributed by atoms with van der Waals surface area (Å²) in [5.41, 5.74) is 0.00939. The molecule has 1 rings (SSSR count). The van der Waals surface area contributed by atoms with Gasteiger partial charge >= 0.3 is 5.97 Å². The fourth-order valence-electron chi connectivity index (χ4n) is 1.56. The summed E-state index contributed by atoms with van der Waals surface area (Å²) in [6.07, 6.45) is 2.38. The third kappa shape index (κ3) is 4.57. The lowest BCUT2D eigenvalue weighted by Crippen LogP contribution is -2.40. The minimum Gasteiger partial charge on any atom is -0.480 e. The molecule has 1 amide bonds. The molecule has 1 unspecified atom stereocenters. The largest absolute Gasteiger partial charge is 0.480 e. The van der Waals surface area contributed by atoms with E-state index in [0.717, 1.165) is 12.3 Å². The van der Waals surface area contributed by atoms with Crippen LogP contribution in [0.2, 0.25) is 5.02 Å². The van der Waals surface area contributed by atoms with Gasteiger partial charge in [0.05, 0.1) is 9.92 Å². The van der Waals surface area contributed by atoms with E-state index in [1.807, 2.05) is 0 Å². The van der Waals surface area contributed by atoms with Crippen molar-refractivity contribution in [3.8, 4) is 0 Å². The van der Waals surface area contributed by atoms with E-state index in [9.17, 15) is 18.0 Å². The van der Waals surface area contributed by atoms with E-state index >= 15 is 0 Å². The van der Waals surface area contributed by atoms with Gasteiger partial charge in [0.2, 0.25) is 0 Å². The average Bonchev–Trinajstić information content (AvgIpc) is 2.37. The summed E-state index contributed by atoms with van der Waals surface area (Å²) < 4.78 is 23.1. The highest BCUT2D eigenvalue weighted by Gasteiger charge is 2.21. The van der Waals surface area contributed by atoms with E-state index in [1.54, 1.807) is 0 Å². The molecule has 0 bridgehead atoms. The van der Waals surface area contributed by atoms with Crippen LogP contribution >= 0.6 is 11.6 Å². The zero-order valence-electron chi connectivity index (χ0n) is 11.2. The summed E-state index contributed by atoms with van der Waals surface area (Å²) in [5, 5.41) is 11.2. The first-order chi connectivity index (χ1) is 9.66. The van der Waals surface area contributed by atoms with Gasteiger partial charge in [-0.2, -0.15) is 0 Å². The summed E-state index contributed by atoms with van der Waals surface area (Å²) in [6, 6.07) is 2.57. The summed E-state index contributed by atoms with van der Waals surface area (Å²) in [4.78, 5) is 22.7. The highest BCUT2D eigenvalue weighted by Crippen LogP contribution is 2.22. The standard InChI is InChI=1S/C13H14ClNO5S/c1-3-4-10(13(17)18)15-12(16)8-5-6-9(14)11(7-8)21(2,19)20/h3,5-7,10H,1,4H2,2H3,(H,15,16)(H,17,18). The van der Waals surface area contributed by atoms with Crippen molar-refractivity contribution in [1.29, 1.82) is 0 Å². The lowest BCUT2D eigenvalue weighted by molar-refractivity contribution is -0.139. The van der Waals surface area contributed by atoms with Crippen LogP contribution in [-0.4, -0.2) is 37.7 Å². The van der Waals surface area contributed by atoms with E-state index in [4.69, 9.17) is 16.7 Å². The summed E-state index contributed by atoms with van der Waals surface area (Å²) in [5.74, 6) is -1.91. The second kappa shape index (κ2) is 6.73. The number of carboxylic acids is 1. The number of halogens is 1. The van der Waals surface area contributed by atoms with Gasteiger partial charge in [0.1, 0.15) is 6.04 Å². The number of nitrogens with one attached hydrogen (secondary N) is 1. The lowest BCUT2D eigenvalue weighted by atomic mass is 10.1. The van der Waals surface area contributed by atoms with Crippen LogP contribution in [0.5, 0.6) is 0 Å². The van der Waals surface area contributed by atoms with E-state index < -0.39 is 27.8 Å². The highest BCUT2D eigenvalue weighted by molar-refractivity contribution is 7.90. The van der Waals surface area contributed by atoms with Crippen molar-refractivity contribution < 1.29 is 23.1 Å². The van der Waals surface area contributed by atoms with Crippen molar-refractivity contribution in [2.75, 3.05) is 6.26 Å². The molecule has 0 aliphatic carbocycles. The van der Waals surface area contributed by atoms with Crippen LogP contribution in [0, 0.1) is 0 Å². The molecule has 0 aliphatic rings. The summed E-state index contributed by atoms with van der Waals surface area (Å²) in [6.45, 7) is 3.41. The molecule has 1 atom stereocenters. The molecule has 8 heteroatoms. The highest BCUT2D eigenvalue weighted by atomic mass is 35.5. The van der Waals surface area contributed by atoms with E-state index in [2.05, 4.69) is 11.9 Å². The van der Waals surface area contributed by atoms with Crippen LogP contribution in [0.25, 0.3) is 0 Å². The molecule has 0 heterocycles. The molecule has 0 aromatic heterocycles. The number of hydrogen-bond acceptors (Lipinski definition) is 4. The van der Waals surface area contributed by atoms with Gasteiger partial charge in [-0.05, 0) is 24.6 Å². The number of hydrogen-bond donors (Lipinski definition) is 2. The fraction of sp³-hybridized carbons (Fsp3) is 0.231. The van der Waals surface area contributed by atoms with Crippen LogP contribution in [0.1, 0.15) is 16.8 Å². The van der Waals surface area contributed by atoms with Crippen LogP contribution in [0.4, 0.5) is 0 Å². The molecule has 0 spiro atoms. The molecule has 2 N–H and O–H groups in total. The number of aliphatic carboxylic acids is 1. The molecule has 0 saturated carbocycles. The quantitative estimate of drug-likeness (QED) is 0.769. The number of carbonyl (C=O) groups excluding carboxylic acids is 1. The predicted molar refractivity (Wildman–Crippen MR) is 78.3 cm³/mol. The molecule has 1 aromatic rings. The van der Waals surface area contributed by atoms with E-state index in [0.29, 0.717) is 0 Å². The van der Waals surface area contributed by atoms with E-state index in [1.165, 1.54) is 18.2 Å². The SMILES string of the molecule is C=CCC(NC(=O)c1ccc(Cl)c(S(C)(=O)=O)c1)C(=O)O. The minimum atomic E-state index is -3.59. The second-order valence-corrected chi connectivity index (χ2v) is 6.70. The van der Waals surface area contributed by atoms with Crippen LogP contribution in [0.3, 0.4) is 0 Å². The third-order valence-electron chi connectivity index (χ3n) is 2.60. The normalized spacial score (nSPS) is 12.5. The fourth-order valence-corrected chi connectivity index (χ4v) is 2.86. The van der Waals surface area contributed by atoms with Crippen LogP contribution < -0.4 is 5.32 Å². The Kier molecular flexibility index (Phi) is 5.51. The molecule has 21 heavy (non-hydrogen) atoms. The van der Waals surface area contributed by atoms with Gasteiger partial charge in [0, 0.05) is 11.8 Å². The Morgan fingerprint density at radius 1 is 1.48 bits per heavy atom. The number of carboxylic acid groups (broad SMARTS) is 1. The second-order valence-electron chi connectivity index (χ2n) is 4.31. The molecule has 0 fully saturated rings. The van der Waals surface area contributed by atoms with Crippen LogP contribution in [0.15, 0.2) is 35.7 Å². The minimum absolute atomic E-state index is 0.00470. The number of benzene rings is 1. The van der Waals surface area contributed by atoms with Crippen molar-refractivity contribution in [3.05, 3.63) is 41.4 Å². The van der Waals surface area contributed by atoms with Gasteiger partial charge in [-0.15, -0.1) is 6.58 Å². The first kappa shape index (κ1) is 17.2. The Balaban J connectivity index is 3.09. The maximum Gasteiger partial charge on any atom is 0.326 e. The van der Waals surface area contributed by atoms with Gasteiger partial charge in [-0.25, -0.2) is 13.2 Å². The summed E-state index contributed by atoms with van der Waals surface area (Å²) >= 11 is 5.77. The zero-order chi connectivity index (χ0) is 16.2. The lowest BCUT2D eigenvalue weighted by Gasteiger charge is -2.13. The molecule has 1 aromatic carbocycles. The molecule has 6 nitrogen and oxygen atoms in total. The van der Waals surface area contributed by atoms with Gasteiger partial charge in [-0.1, -0.05) is 17.7 Å². The molecule has 114 valence electrons. The zero-order valence-corrected chi connectivity index (χ0v) is 12.7. The molecule has 0 saturated heterocycles. The number of sulfone groups is 1. The van der Waals surface area contributed by atoms with Gasteiger partial charge in [0.25, 0.3) is 5.91 Å². The Morgan fingerprint density at radius 3 is 2.57 bits per heavy atom.